The Morgan fingerprint density at radius 2 is 1.89 bits per heavy atom. The Balaban J connectivity index is 1.66. The summed E-state index contributed by atoms with van der Waals surface area (Å²) >= 11 is 0. The molecule has 0 bridgehead atoms. The molecule has 1 aliphatic rings. The highest BCUT2D eigenvalue weighted by Crippen LogP contribution is 2.28. The first-order valence-corrected chi connectivity index (χ1v) is 9.87. The Labute approximate surface area is 155 Å². The summed E-state index contributed by atoms with van der Waals surface area (Å²) in [6, 6.07) is 10.2. The summed E-state index contributed by atoms with van der Waals surface area (Å²) in [6.07, 6.45) is 0. The second-order valence-electron chi connectivity index (χ2n) is 6.58. The Hall–Kier alpha value is -2.49. The molecule has 1 unspecified atom stereocenters. The minimum Gasteiger partial charge on any atom is -0.408 e. The third-order valence-electron chi connectivity index (χ3n) is 4.90. The molecular formula is C18H18FN3O4S. The predicted molar refractivity (Wildman–Crippen MR) is 97.4 cm³/mol. The van der Waals surface area contributed by atoms with Crippen molar-refractivity contribution in [3.8, 4) is 0 Å². The highest BCUT2D eigenvalue weighted by atomic mass is 32.2. The third-order valence-corrected chi connectivity index (χ3v) is 6.76. The number of hydrogen-bond donors (Lipinski definition) is 1. The molecule has 0 amide bonds. The van der Waals surface area contributed by atoms with E-state index in [-0.39, 0.29) is 28.9 Å². The number of sulfonamides is 1. The lowest BCUT2D eigenvalue weighted by Gasteiger charge is -2.39. The quantitative estimate of drug-likeness (QED) is 0.737. The van der Waals surface area contributed by atoms with Crippen LogP contribution in [-0.2, 0) is 10.0 Å². The fourth-order valence-electron chi connectivity index (χ4n) is 3.35. The summed E-state index contributed by atoms with van der Waals surface area (Å²) in [5.41, 5.74) is 1.50. The molecule has 1 saturated heterocycles. The number of likely N-dealkylation sites (N-methyl/N-ethyl adjacent to an activating group) is 1. The van der Waals surface area contributed by atoms with Crippen LogP contribution in [0.2, 0.25) is 0 Å². The second kappa shape index (κ2) is 6.59. The van der Waals surface area contributed by atoms with Crippen LogP contribution in [0.1, 0.15) is 11.6 Å². The van der Waals surface area contributed by atoms with Gasteiger partial charge in [-0.3, -0.25) is 9.88 Å². The summed E-state index contributed by atoms with van der Waals surface area (Å²) in [5, 5.41) is 0. The fraction of sp³-hybridized carbons (Fsp3) is 0.278. The second-order valence-corrected chi connectivity index (χ2v) is 8.52. The Morgan fingerprint density at radius 3 is 2.63 bits per heavy atom. The number of fused-ring (bicyclic) bond motifs is 1. The van der Waals surface area contributed by atoms with Gasteiger partial charge in [0.05, 0.1) is 10.4 Å². The van der Waals surface area contributed by atoms with Crippen LogP contribution in [0.3, 0.4) is 0 Å². The van der Waals surface area contributed by atoms with Gasteiger partial charge in [-0.25, -0.2) is 17.6 Å². The molecule has 1 atom stereocenters. The van der Waals surface area contributed by atoms with E-state index in [1.165, 1.54) is 34.6 Å². The topological polar surface area (TPSA) is 86.6 Å². The number of piperazine rings is 1. The van der Waals surface area contributed by atoms with E-state index in [2.05, 4.69) is 4.98 Å². The van der Waals surface area contributed by atoms with Gasteiger partial charge in [0, 0.05) is 31.7 Å². The van der Waals surface area contributed by atoms with Crippen molar-refractivity contribution in [2.24, 2.45) is 0 Å². The summed E-state index contributed by atoms with van der Waals surface area (Å²) in [4.78, 5) is 15.9. The number of hydrogen-bond acceptors (Lipinski definition) is 5. The molecule has 1 aromatic heterocycles. The van der Waals surface area contributed by atoms with Crippen molar-refractivity contribution >= 4 is 21.1 Å². The van der Waals surface area contributed by atoms with Crippen molar-refractivity contribution in [3.63, 3.8) is 0 Å². The van der Waals surface area contributed by atoms with Crippen LogP contribution >= 0.6 is 0 Å². The number of oxazole rings is 1. The summed E-state index contributed by atoms with van der Waals surface area (Å²) in [5.74, 6) is -0.960. The van der Waals surface area contributed by atoms with E-state index in [0.717, 1.165) is 5.56 Å². The maximum atomic E-state index is 13.2. The summed E-state index contributed by atoms with van der Waals surface area (Å²) in [6.45, 7) is 1.13. The van der Waals surface area contributed by atoms with Crippen LogP contribution in [0.5, 0.6) is 0 Å². The zero-order chi connectivity index (χ0) is 19.2. The molecule has 142 valence electrons. The highest BCUT2D eigenvalue weighted by Gasteiger charge is 2.33. The molecule has 4 rings (SSSR count). The average molecular weight is 391 g/mol. The third kappa shape index (κ3) is 3.29. The average Bonchev–Trinajstić information content (AvgIpc) is 3.02. The van der Waals surface area contributed by atoms with Crippen LogP contribution in [0, 0.1) is 5.82 Å². The van der Waals surface area contributed by atoms with E-state index in [4.69, 9.17) is 4.42 Å². The lowest BCUT2D eigenvalue weighted by molar-refractivity contribution is 0.148. The molecule has 2 aromatic carbocycles. The van der Waals surface area contributed by atoms with Crippen molar-refractivity contribution in [2.45, 2.75) is 10.9 Å². The minimum absolute atomic E-state index is 0.0696. The monoisotopic (exact) mass is 391 g/mol. The van der Waals surface area contributed by atoms with Crippen molar-refractivity contribution in [1.82, 2.24) is 14.2 Å². The first-order chi connectivity index (χ1) is 12.8. The van der Waals surface area contributed by atoms with E-state index < -0.39 is 15.8 Å². The lowest BCUT2D eigenvalue weighted by Crippen LogP contribution is -2.48. The summed E-state index contributed by atoms with van der Waals surface area (Å²) in [7, 11) is -1.84. The normalized spacial score (nSPS) is 19.6. The zero-order valence-electron chi connectivity index (χ0n) is 14.6. The predicted octanol–water partition coefficient (Wildman–Crippen LogP) is 1.94. The highest BCUT2D eigenvalue weighted by molar-refractivity contribution is 7.89. The van der Waals surface area contributed by atoms with Gasteiger partial charge in [0.15, 0.2) is 5.58 Å². The first-order valence-electron chi connectivity index (χ1n) is 8.43. The van der Waals surface area contributed by atoms with Gasteiger partial charge < -0.3 is 4.42 Å². The maximum absolute atomic E-state index is 13.2. The number of aromatic amines is 1. The van der Waals surface area contributed by atoms with E-state index in [1.807, 2.05) is 11.9 Å². The fourth-order valence-corrected chi connectivity index (χ4v) is 4.80. The summed E-state index contributed by atoms with van der Waals surface area (Å²) < 4.78 is 45.8. The number of nitrogens with zero attached hydrogens (tertiary/aromatic N) is 2. The van der Waals surface area contributed by atoms with Gasteiger partial charge >= 0.3 is 5.76 Å². The molecular weight excluding hydrogens is 373 g/mol. The van der Waals surface area contributed by atoms with Gasteiger partial charge in [0.2, 0.25) is 10.0 Å². The number of rotatable bonds is 3. The van der Waals surface area contributed by atoms with Gasteiger partial charge in [-0.05, 0) is 36.9 Å². The molecule has 1 N–H and O–H groups in total. The SMILES string of the molecule is CN1CCN(S(=O)(=O)c2ccc3[nH]c(=O)oc3c2)CC1c1ccc(F)cc1. The Morgan fingerprint density at radius 1 is 1.15 bits per heavy atom. The molecule has 0 radical (unpaired) electrons. The molecule has 0 spiro atoms. The van der Waals surface area contributed by atoms with Gasteiger partial charge in [-0.2, -0.15) is 4.31 Å². The van der Waals surface area contributed by atoms with Crippen LogP contribution in [-0.4, -0.2) is 49.3 Å². The van der Waals surface area contributed by atoms with Crippen LogP contribution < -0.4 is 5.76 Å². The van der Waals surface area contributed by atoms with Crippen molar-refractivity contribution in [3.05, 3.63) is 64.4 Å². The maximum Gasteiger partial charge on any atom is 0.417 e. The first kappa shape index (κ1) is 17.9. The zero-order valence-corrected chi connectivity index (χ0v) is 15.4. The molecule has 2 heterocycles. The number of nitrogens with one attached hydrogen (secondary N) is 1. The number of benzene rings is 2. The van der Waals surface area contributed by atoms with Crippen molar-refractivity contribution in [1.29, 1.82) is 0 Å². The minimum atomic E-state index is -3.76. The molecule has 7 nitrogen and oxygen atoms in total. The van der Waals surface area contributed by atoms with Crippen molar-refractivity contribution in [2.75, 3.05) is 26.7 Å². The molecule has 0 saturated carbocycles. The van der Waals surface area contributed by atoms with E-state index in [9.17, 15) is 17.6 Å². The van der Waals surface area contributed by atoms with Crippen LogP contribution in [0.4, 0.5) is 4.39 Å². The smallest absolute Gasteiger partial charge is 0.408 e. The number of H-pyrrole nitrogens is 1. The molecule has 1 fully saturated rings. The van der Waals surface area contributed by atoms with Crippen LogP contribution in [0.25, 0.3) is 11.1 Å². The number of aromatic nitrogens is 1. The van der Waals surface area contributed by atoms with E-state index >= 15 is 0 Å². The standard InChI is InChI=1S/C18H18FN3O4S/c1-21-8-9-22(11-16(21)12-2-4-13(19)5-3-12)27(24,25)14-6-7-15-17(10-14)26-18(23)20-15/h2-7,10,16H,8-9,11H2,1H3,(H,20,23). The molecule has 27 heavy (non-hydrogen) atoms. The van der Waals surface area contributed by atoms with Gasteiger partial charge in [0.25, 0.3) is 0 Å². The Kier molecular flexibility index (Phi) is 4.37. The van der Waals surface area contributed by atoms with Crippen LogP contribution in [0.15, 0.2) is 56.6 Å². The molecule has 0 aliphatic carbocycles. The van der Waals surface area contributed by atoms with Gasteiger partial charge in [0.1, 0.15) is 5.82 Å². The van der Waals surface area contributed by atoms with Crippen molar-refractivity contribution < 1.29 is 17.2 Å². The van der Waals surface area contributed by atoms with Gasteiger partial charge in [-0.1, -0.05) is 12.1 Å². The largest absolute Gasteiger partial charge is 0.417 e. The lowest BCUT2D eigenvalue weighted by atomic mass is 10.0. The molecule has 9 heteroatoms. The molecule has 3 aromatic rings. The molecule has 1 aliphatic heterocycles. The van der Waals surface area contributed by atoms with Gasteiger partial charge in [-0.15, -0.1) is 0 Å². The van der Waals surface area contributed by atoms with E-state index in [1.54, 1.807) is 12.1 Å². The van der Waals surface area contributed by atoms with E-state index in [0.29, 0.717) is 18.6 Å². The number of halogens is 1. The Bertz CT molecular complexity index is 1140.